The van der Waals surface area contributed by atoms with Gasteiger partial charge in [-0.3, -0.25) is 0 Å². The summed E-state index contributed by atoms with van der Waals surface area (Å²) < 4.78 is 2.63. The Kier molecular flexibility index (Phi) is 3.51. The van der Waals surface area contributed by atoms with E-state index < -0.39 is 0 Å². The maximum Gasteiger partial charge on any atom is 0.102 e. The summed E-state index contributed by atoms with van der Waals surface area (Å²) in [7, 11) is 0. The molecule has 1 aromatic carbocycles. The van der Waals surface area contributed by atoms with E-state index in [0.29, 0.717) is 5.02 Å². The molecule has 17 heavy (non-hydrogen) atoms. The zero-order valence-electron chi connectivity index (χ0n) is 9.48. The molecular weight excluding hydrogens is 304 g/mol. The van der Waals surface area contributed by atoms with Gasteiger partial charge < -0.3 is 5.73 Å². The van der Waals surface area contributed by atoms with E-state index in [1.165, 1.54) is 0 Å². The van der Waals surface area contributed by atoms with Gasteiger partial charge in [-0.1, -0.05) is 32.7 Å². The van der Waals surface area contributed by atoms with Crippen LogP contribution in [0.2, 0.25) is 5.02 Å². The highest BCUT2D eigenvalue weighted by Gasteiger charge is 2.14. The van der Waals surface area contributed by atoms with E-state index >= 15 is 0 Å². The van der Waals surface area contributed by atoms with Crippen molar-refractivity contribution >= 4 is 27.5 Å². The van der Waals surface area contributed by atoms with Gasteiger partial charge in [0.2, 0.25) is 0 Å². The fraction of sp³-hybridized carbons (Fsp3) is 0.273. The first-order valence-electron chi connectivity index (χ1n) is 5.14. The van der Waals surface area contributed by atoms with Crippen LogP contribution in [0, 0.1) is 6.92 Å². The van der Waals surface area contributed by atoms with E-state index in [4.69, 9.17) is 17.3 Å². The van der Waals surface area contributed by atoms with Crippen LogP contribution < -0.4 is 5.73 Å². The Labute approximate surface area is 113 Å². The van der Waals surface area contributed by atoms with Gasteiger partial charge >= 0.3 is 0 Å². The second kappa shape index (κ2) is 4.76. The lowest BCUT2D eigenvalue weighted by Crippen LogP contribution is -2.08. The first-order valence-corrected chi connectivity index (χ1v) is 6.31. The van der Waals surface area contributed by atoms with Crippen molar-refractivity contribution in [2.75, 3.05) is 0 Å². The minimum Gasteiger partial charge on any atom is -0.323 e. The maximum absolute atomic E-state index is 6.17. The Balaban J connectivity index is 2.54. The van der Waals surface area contributed by atoms with Crippen molar-refractivity contribution < 1.29 is 0 Å². The molecule has 1 atom stereocenters. The summed E-state index contributed by atoms with van der Waals surface area (Å²) in [5, 5.41) is 8.77. The summed E-state index contributed by atoms with van der Waals surface area (Å²) in [6, 6.07) is 5.48. The molecule has 2 aromatic rings. The Morgan fingerprint density at radius 3 is 2.71 bits per heavy atom. The summed E-state index contributed by atoms with van der Waals surface area (Å²) in [6.07, 6.45) is 0. The number of halogens is 2. The molecule has 0 spiro atoms. The number of nitrogens with two attached hydrogens (primary N) is 1. The average molecular weight is 316 g/mol. The molecule has 1 heterocycles. The molecular formula is C11H12BrClN4. The van der Waals surface area contributed by atoms with Crippen LogP contribution in [0.1, 0.15) is 24.4 Å². The molecule has 1 unspecified atom stereocenters. The summed E-state index contributed by atoms with van der Waals surface area (Å²) in [5.41, 5.74) is 8.30. The lowest BCUT2D eigenvalue weighted by molar-refractivity contribution is 0.756. The SMILES string of the molecule is Cc1c(C(C)N)nnn1-c1ccc(Br)cc1Cl. The first-order chi connectivity index (χ1) is 8.00. The first kappa shape index (κ1) is 12.5. The number of hydrogen-bond donors (Lipinski definition) is 1. The highest BCUT2D eigenvalue weighted by molar-refractivity contribution is 9.10. The second-order valence-corrected chi connectivity index (χ2v) is 5.18. The van der Waals surface area contributed by atoms with Gasteiger partial charge in [-0.25, -0.2) is 4.68 Å². The van der Waals surface area contributed by atoms with Gasteiger partial charge in [0.25, 0.3) is 0 Å². The largest absolute Gasteiger partial charge is 0.323 e. The van der Waals surface area contributed by atoms with Crippen LogP contribution in [0.25, 0.3) is 5.69 Å². The van der Waals surface area contributed by atoms with Crippen molar-refractivity contribution in [1.82, 2.24) is 15.0 Å². The van der Waals surface area contributed by atoms with Crippen molar-refractivity contribution in [1.29, 1.82) is 0 Å². The molecule has 0 saturated heterocycles. The van der Waals surface area contributed by atoms with E-state index in [-0.39, 0.29) is 6.04 Å². The van der Waals surface area contributed by atoms with E-state index in [9.17, 15) is 0 Å². The zero-order chi connectivity index (χ0) is 12.6. The van der Waals surface area contributed by atoms with Crippen molar-refractivity contribution in [3.8, 4) is 5.69 Å². The van der Waals surface area contributed by atoms with Crippen molar-refractivity contribution in [2.45, 2.75) is 19.9 Å². The van der Waals surface area contributed by atoms with Gasteiger partial charge in [0.15, 0.2) is 0 Å². The highest BCUT2D eigenvalue weighted by Crippen LogP contribution is 2.26. The van der Waals surface area contributed by atoms with Gasteiger partial charge in [-0.05, 0) is 32.0 Å². The van der Waals surface area contributed by atoms with Crippen LogP contribution in [0.5, 0.6) is 0 Å². The normalized spacial score (nSPS) is 12.8. The number of aromatic nitrogens is 3. The summed E-state index contributed by atoms with van der Waals surface area (Å²) >= 11 is 9.54. The third-order valence-electron chi connectivity index (χ3n) is 2.50. The third-order valence-corrected chi connectivity index (χ3v) is 3.30. The minimum absolute atomic E-state index is 0.141. The van der Waals surface area contributed by atoms with E-state index in [2.05, 4.69) is 26.2 Å². The van der Waals surface area contributed by atoms with Gasteiger partial charge in [-0.15, -0.1) is 5.10 Å². The molecule has 0 radical (unpaired) electrons. The Bertz CT molecular complexity index is 550. The molecule has 1 aromatic heterocycles. The lowest BCUT2D eigenvalue weighted by atomic mass is 10.2. The summed E-state index contributed by atoms with van der Waals surface area (Å²) in [4.78, 5) is 0. The Hall–Kier alpha value is -0.910. The van der Waals surface area contributed by atoms with Gasteiger partial charge in [0, 0.05) is 10.5 Å². The standard InChI is InChI=1S/C11H12BrClN4/c1-6(14)11-7(2)17(16-15-11)10-4-3-8(12)5-9(10)13/h3-6H,14H2,1-2H3. The highest BCUT2D eigenvalue weighted by atomic mass is 79.9. The average Bonchev–Trinajstić information content (AvgIpc) is 2.60. The molecule has 0 aliphatic rings. The molecule has 4 nitrogen and oxygen atoms in total. The molecule has 0 fully saturated rings. The molecule has 0 aliphatic carbocycles. The van der Waals surface area contributed by atoms with Crippen LogP contribution >= 0.6 is 27.5 Å². The van der Waals surface area contributed by atoms with E-state index in [1.54, 1.807) is 4.68 Å². The molecule has 0 amide bonds. The quantitative estimate of drug-likeness (QED) is 0.927. The molecule has 0 bridgehead atoms. The molecule has 6 heteroatoms. The lowest BCUT2D eigenvalue weighted by Gasteiger charge is -2.07. The predicted molar refractivity (Wildman–Crippen MR) is 71.4 cm³/mol. The molecule has 90 valence electrons. The number of rotatable bonds is 2. The fourth-order valence-corrected chi connectivity index (χ4v) is 2.40. The van der Waals surface area contributed by atoms with Crippen LogP contribution in [0.3, 0.4) is 0 Å². The predicted octanol–water partition coefficient (Wildman–Crippen LogP) is 3.01. The van der Waals surface area contributed by atoms with Crippen molar-refractivity contribution in [3.63, 3.8) is 0 Å². The number of hydrogen-bond acceptors (Lipinski definition) is 3. The van der Waals surface area contributed by atoms with Crippen LogP contribution in [-0.2, 0) is 0 Å². The molecule has 2 rings (SSSR count). The van der Waals surface area contributed by atoms with E-state index in [1.807, 2.05) is 32.0 Å². The summed E-state index contributed by atoms with van der Waals surface area (Å²) in [5.74, 6) is 0. The van der Waals surface area contributed by atoms with Crippen molar-refractivity contribution in [2.24, 2.45) is 5.73 Å². The summed E-state index contributed by atoms with van der Waals surface area (Å²) in [6.45, 7) is 3.81. The smallest absolute Gasteiger partial charge is 0.102 e. The van der Waals surface area contributed by atoms with Gasteiger partial charge in [-0.2, -0.15) is 0 Å². The van der Waals surface area contributed by atoms with Gasteiger partial charge in [0.05, 0.1) is 16.4 Å². The topological polar surface area (TPSA) is 56.7 Å². The zero-order valence-corrected chi connectivity index (χ0v) is 11.8. The maximum atomic E-state index is 6.17. The van der Waals surface area contributed by atoms with E-state index in [0.717, 1.165) is 21.5 Å². The van der Waals surface area contributed by atoms with Crippen LogP contribution in [0.4, 0.5) is 0 Å². The fourth-order valence-electron chi connectivity index (χ4n) is 1.64. The third kappa shape index (κ3) is 2.36. The molecule has 0 saturated carbocycles. The monoisotopic (exact) mass is 314 g/mol. The van der Waals surface area contributed by atoms with Crippen molar-refractivity contribution in [3.05, 3.63) is 39.1 Å². The minimum atomic E-state index is -0.141. The Morgan fingerprint density at radius 2 is 2.18 bits per heavy atom. The molecule has 2 N–H and O–H groups in total. The second-order valence-electron chi connectivity index (χ2n) is 3.86. The number of nitrogens with zero attached hydrogens (tertiary/aromatic N) is 3. The van der Waals surface area contributed by atoms with Gasteiger partial charge in [0.1, 0.15) is 5.69 Å². The molecule has 0 aliphatic heterocycles. The Morgan fingerprint density at radius 1 is 1.47 bits per heavy atom. The number of benzene rings is 1. The van der Waals surface area contributed by atoms with Crippen LogP contribution in [0.15, 0.2) is 22.7 Å². The van der Waals surface area contributed by atoms with Crippen LogP contribution in [-0.4, -0.2) is 15.0 Å².